The summed E-state index contributed by atoms with van der Waals surface area (Å²) in [5.74, 6) is 1.38. The van der Waals surface area contributed by atoms with Gasteiger partial charge in [-0.1, -0.05) is 49.7 Å². The van der Waals surface area contributed by atoms with Crippen LogP contribution < -0.4 is 9.64 Å². The molecule has 0 radical (unpaired) electrons. The van der Waals surface area contributed by atoms with Crippen molar-refractivity contribution in [1.29, 1.82) is 0 Å². The Hall–Kier alpha value is -1.67. The molecule has 22 heavy (non-hydrogen) atoms. The summed E-state index contributed by atoms with van der Waals surface area (Å²) >= 11 is 6.11. The number of anilines is 1. The van der Waals surface area contributed by atoms with Crippen LogP contribution in [-0.4, -0.2) is 12.8 Å². The van der Waals surface area contributed by atoms with Crippen LogP contribution in [0, 0.1) is 0 Å². The number of halogens is 1. The second-order valence-electron chi connectivity index (χ2n) is 5.68. The molecule has 0 bridgehead atoms. The number of para-hydroxylation sites is 1. The van der Waals surface area contributed by atoms with Gasteiger partial charge in [-0.25, -0.2) is 0 Å². The van der Waals surface area contributed by atoms with Crippen LogP contribution in [0.25, 0.3) is 0 Å². The normalized spacial score (nSPS) is 12.3. The first-order chi connectivity index (χ1) is 10.5. The topological polar surface area (TPSA) is 12.5 Å². The largest absolute Gasteiger partial charge is 0.471 e. The van der Waals surface area contributed by atoms with Gasteiger partial charge < -0.3 is 9.64 Å². The maximum absolute atomic E-state index is 6.24. The van der Waals surface area contributed by atoms with Gasteiger partial charge in [-0.05, 0) is 49.6 Å². The highest BCUT2D eigenvalue weighted by Gasteiger charge is 2.17. The summed E-state index contributed by atoms with van der Waals surface area (Å²) in [5.41, 5.74) is 2.31. The van der Waals surface area contributed by atoms with E-state index in [2.05, 4.69) is 50.8 Å². The van der Waals surface area contributed by atoms with Gasteiger partial charge in [-0.15, -0.1) is 0 Å². The van der Waals surface area contributed by atoms with Crippen molar-refractivity contribution in [2.45, 2.75) is 39.8 Å². The van der Waals surface area contributed by atoms with Crippen molar-refractivity contribution in [3.05, 3.63) is 59.1 Å². The molecule has 0 saturated carbocycles. The lowest BCUT2D eigenvalue weighted by atomic mass is 10.0. The summed E-state index contributed by atoms with van der Waals surface area (Å²) in [5, 5.41) is 0.741. The molecule has 2 aromatic carbocycles. The second-order valence-corrected chi connectivity index (χ2v) is 6.11. The van der Waals surface area contributed by atoms with Crippen molar-refractivity contribution in [3.8, 4) is 5.75 Å². The van der Waals surface area contributed by atoms with E-state index >= 15 is 0 Å². The van der Waals surface area contributed by atoms with Crippen LogP contribution in [0.1, 0.15) is 39.2 Å². The standard InChI is InChI=1S/C19H24ClNO/c1-5-21(17-10-8-9-16(20)13-17)15(4)22-19-12-7-6-11-18(19)14(2)3/h6-15H,5H2,1-4H3. The van der Waals surface area contributed by atoms with Gasteiger partial charge in [0.2, 0.25) is 0 Å². The predicted molar refractivity (Wildman–Crippen MR) is 95.1 cm³/mol. The molecular formula is C19H24ClNO. The zero-order valence-corrected chi connectivity index (χ0v) is 14.5. The predicted octanol–water partition coefficient (Wildman–Crippen LogP) is 5.71. The molecule has 0 amide bonds. The van der Waals surface area contributed by atoms with Crippen molar-refractivity contribution in [3.63, 3.8) is 0 Å². The molecule has 0 fully saturated rings. The van der Waals surface area contributed by atoms with E-state index in [1.165, 1.54) is 5.56 Å². The van der Waals surface area contributed by atoms with Crippen LogP contribution in [-0.2, 0) is 0 Å². The zero-order valence-electron chi connectivity index (χ0n) is 13.7. The molecule has 118 valence electrons. The molecule has 0 aliphatic rings. The molecule has 2 rings (SSSR count). The Kier molecular flexibility index (Phi) is 5.73. The molecule has 0 heterocycles. The Morgan fingerprint density at radius 3 is 2.41 bits per heavy atom. The lowest BCUT2D eigenvalue weighted by Crippen LogP contribution is -2.37. The molecule has 3 heteroatoms. The zero-order chi connectivity index (χ0) is 16.1. The molecular weight excluding hydrogens is 294 g/mol. The third-order valence-electron chi connectivity index (χ3n) is 3.76. The van der Waals surface area contributed by atoms with E-state index in [0.717, 1.165) is 23.0 Å². The Bertz CT molecular complexity index is 612. The van der Waals surface area contributed by atoms with E-state index < -0.39 is 0 Å². The van der Waals surface area contributed by atoms with Crippen molar-refractivity contribution in [2.75, 3.05) is 11.4 Å². The number of hydrogen-bond acceptors (Lipinski definition) is 2. The van der Waals surface area contributed by atoms with Gasteiger partial charge in [0.1, 0.15) is 5.75 Å². The number of ether oxygens (including phenoxy) is 1. The van der Waals surface area contributed by atoms with Crippen LogP contribution in [0.2, 0.25) is 5.02 Å². The van der Waals surface area contributed by atoms with Gasteiger partial charge in [0.15, 0.2) is 6.23 Å². The Morgan fingerprint density at radius 1 is 1.05 bits per heavy atom. The highest BCUT2D eigenvalue weighted by molar-refractivity contribution is 6.30. The summed E-state index contributed by atoms with van der Waals surface area (Å²) < 4.78 is 6.24. The summed E-state index contributed by atoms with van der Waals surface area (Å²) in [6, 6.07) is 16.1. The molecule has 0 aromatic heterocycles. The lowest BCUT2D eigenvalue weighted by molar-refractivity contribution is 0.213. The average Bonchev–Trinajstić information content (AvgIpc) is 2.48. The first-order valence-electron chi connectivity index (χ1n) is 7.80. The van der Waals surface area contributed by atoms with Gasteiger partial charge in [-0.2, -0.15) is 0 Å². The smallest absolute Gasteiger partial charge is 0.169 e. The van der Waals surface area contributed by atoms with E-state index in [1.54, 1.807) is 0 Å². The SMILES string of the molecule is CCN(c1cccc(Cl)c1)C(C)Oc1ccccc1C(C)C. The highest BCUT2D eigenvalue weighted by Crippen LogP contribution is 2.28. The van der Waals surface area contributed by atoms with Crippen LogP contribution in [0.4, 0.5) is 5.69 Å². The summed E-state index contributed by atoms with van der Waals surface area (Å²) in [6.07, 6.45) is -0.0663. The summed E-state index contributed by atoms with van der Waals surface area (Å²) in [6.45, 7) is 9.41. The Balaban J connectivity index is 2.21. The van der Waals surface area contributed by atoms with Gasteiger partial charge in [0, 0.05) is 17.3 Å². The second kappa shape index (κ2) is 7.55. The number of nitrogens with zero attached hydrogens (tertiary/aromatic N) is 1. The first-order valence-corrected chi connectivity index (χ1v) is 8.18. The number of benzene rings is 2. The minimum absolute atomic E-state index is 0.0663. The fraction of sp³-hybridized carbons (Fsp3) is 0.368. The fourth-order valence-electron chi connectivity index (χ4n) is 2.62. The van der Waals surface area contributed by atoms with Gasteiger partial charge in [0.05, 0.1) is 0 Å². The maximum Gasteiger partial charge on any atom is 0.169 e. The van der Waals surface area contributed by atoms with Gasteiger partial charge >= 0.3 is 0 Å². The van der Waals surface area contributed by atoms with E-state index in [1.807, 2.05) is 30.3 Å². The number of hydrogen-bond donors (Lipinski definition) is 0. The minimum atomic E-state index is -0.0663. The van der Waals surface area contributed by atoms with Crippen LogP contribution in [0.15, 0.2) is 48.5 Å². The van der Waals surface area contributed by atoms with Crippen LogP contribution in [0.3, 0.4) is 0 Å². The quantitative estimate of drug-likeness (QED) is 0.632. The average molecular weight is 318 g/mol. The van der Waals surface area contributed by atoms with E-state index in [-0.39, 0.29) is 6.23 Å². The molecule has 1 unspecified atom stereocenters. The minimum Gasteiger partial charge on any atom is -0.471 e. The van der Waals surface area contributed by atoms with Crippen molar-refractivity contribution >= 4 is 17.3 Å². The summed E-state index contributed by atoms with van der Waals surface area (Å²) in [4.78, 5) is 2.20. The number of rotatable bonds is 6. The van der Waals surface area contributed by atoms with Crippen molar-refractivity contribution in [1.82, 2.24) is 0 Å². The molecule has 0 saturated heterocycles. The summed E-state index contributed by atoms with van der Waals surface area (Å²) in [7, 11) is 0. The monoisotopic (exact) mass is 317 g/mol. The van der Waals surface area contributed by atoms with Crippen molar-refractivity contribution in [2.24, 2.45) is 0 Å². The molecule has 2 aromatic rings. The van der Waals surface area contributed by atoms with Gasteiger partial charge in [-0.3, -0.25) is 0 Å². The molecule has 2 nitrogen and oxygen atoms in total. The Morgan fingerprint density at radius 2 is 1.77 bits per heavy atom. The lowest BCUT2D eigenvalue weighted by Gasteiger charge is -2.31. The van der Waals surface area contributed by atoms with E-state index in [0.29, 0.717) is 5.92 Å². The molecule has 0 N–H and O–H groups in total. The van der Waals surface area contributed by atoms with E-state index in [9.17, 15) is 0 Å². The van der Waals surface area contributed by atoms with Gasteiger partial charge in [0.25, 0.3) is 0 Å². The first kappa shape index (κ1) is 16.7. The van der Waals surface area contributed by atoms with Crippen LogP contribution in [0.5, 0.6) is 5.75 Å². The molecule has 1 atom stereocenters. The third kappa shape index (κ3) is 3.95. The van der Waals surface area contributed by atoms with E-state index in [4.69, 9.17) is 16.3 Å². The van der Waals surface area contributed by atoms with Crippen LogP contribution >= 0.6 is 11.6 Å². The molecule has 0 aliphatic carbocycles. The van der Waals surface area contributed by atoms with Crippen molar-refractivity contribution < 1.29 is 4.74 Å². The molecule has 0 aliphatic heterocycles. The third-order valence-corrected chi connectivity index (χ3v) is 3.99. The molecule has 0 spiro atoms. The Labute approximate surface area is 138 Å². The fourth-order valence-corrected chi connectivity index (χ4v) is 2.80. The highest BCUT2D eigenvalue weighted by atomic mass is 35.5. The maximum atomic E-state index is 6.24.